The van der Waals surface area contributed by atoms with E-state index in [1.165, 1.54) is 0 Å². The Balaban J connectivity index is 1.89. The molecule has 2 rings (SSSR count). The summed E-state index contributed by atoms with van der Waals surface area (Å²) in [5, 5.41) is 2.97. The number of amides is 1. The molecule has 1 aromatic carbocycles. The smallest absolute Gasteiger partial charge is 0.227 e. The maximum absolute atomic E-state index is 12.2. The standard InChI is InChI=1S/C16H23NO3/c1-3-20-15-6-4-14(5-7-15)17-16(18)12(2)13-8-10-19-11-9-13/h4-7,12-13H,3,8-11H2,1-2H3,(H,17,18). The monoisotopic (exact) mass is 277 g/mol. The summed E-state index contributed by atoms with van der Waals surface area (Å²) in [6.07, 6.45) is 1.94. The van der Waals surface area contributed by atoms with E-state index in [1.54, 1.807) is 0 Å². The van der Waals surface area contributed by atoms with Crippen LogP contribution in [0, 0.1) is 11.8 Å². The predicted molar refractivity (Wildman–Crippen MR) is 78.9 cm³/mol. The van der Waals surface area contributed by atoms with Gasteiger partial charge in [0.1, 0.15) is 5.75 Å². The van der Waals surface area contributed by atoms with Gasteiger partial charge in [-0.1, -0.05) is 6.92 Å². The zero-order valence-electron chi connectivity index (χ0n) is 12.2. The number of nitrogens with one attached hydrogen (secondary N) is 1. The summed E-state index contributed by atoms with van der Waals surface area (Å²) in [6, 6.07) is 7.50. The molecule has 20 heavy (non-hydrogen) atoms. The first-order valence-electron chi connectivity index (χ1n) is 7.32. The van der Waals surface area contributed by atoms with Crippen molar-refractivity contribution in [2.24, 2.45) is 11.8 Å². The number of ether oxygens (including phenoxy) is 2. The Labute approximate surface area is 120 Å². The van der Waals surface area contributed by atoms with Crippen LogP contribution in [-0.4, -0.2) is 25.7 Å². The van der Waals surface area contributed by atoms with E-state index in [9.17, 15) is 4.79 Å². The molecule has 0 aliphatic carbocycles. The molecule has 1 aliphatic heterocycles. The average Bonchev–Trinajstić information content (AvgIpc) is 2.49. The van der Waals surface area contributed by atoms with Gasteiger partial charge in [0.25, 0.3) is 0 Å². The third-order valence-corrected chi connectivity index (χ3v) is 3.82. The second kappa shape index (κ2) is 7.29. The molecule has 1 unspecified atom stereocenters. The first-order chi connectivity index (χ1) is 9.70. The quantitative estimate of drug-likeness (QED) is 0.899. The van der Waals surface area contributed by atoms with Crippen molar-refractivity contribution in [2.45, 2.75) is 26.7 Å². The van der Waals surface area contributed by atoms with Crippen LogP contribution in [0.3, 0.4) is 0 Å². The zero-order chi connectivity index (χ0) is 14.4. The van der Waals surface area contributed by atoms with Gasteiger partial charge in [-0.15, -0.1) is 0 Å². The summed E-state index contributed by atoms with van der Waals surface area (Å²) >= 11 is 0. The Kier molecular flexibility index (Phi) is 5.41. The van der Waals surface area contributed by atoms with Gasteiger partial charge in [0, 0.05) is 24.8 Å². The molecule has 0 bridgehead atoms. The van der Waals surface area contributed by atoms with Crippen molar-refractivity contribution in [1.82, 2.24) is 0 Å². The average molecular weight is 277 g/mol. The Morgan fingerprint density at radius 1 is 1.35 bits per heavy atom. The van der Waals surface area contributed by atoms with Gasteiger partial charge >= 0.3 is 0 Å². The second-order valence-electron chi connectivity index (χ2n) is 5.19. The molecule has 0 aromatic heterocycles. The van der Waals surface area contributed by atoms with Gasteiger partial charge in [0.15, 0.2) is 0 Å². The van der Waals surface area contributed by atoms with E-state index in [-0.39, 0.29) is 11.8 Å². The van der Waals surface area contributed by atoms with Crippen molar-refractivity contribution in [3.63, 3.8) is 0 Å². The van der Waals surface area contributed by atoms with E-state index in [0.717, 1.165) is 37.5 Å². The Morgan fingerprint density at radius 2 is 2.00 bits per heavy atom. The maximum Gasteiger partial charge on any atom is 0.227 e. The molecule has 1 saturated heterocycles. The van der Waals surface area contributed by atoms with Gasteiger partial charge in [-0.05, 0) is 49.9 Å². The van der Waals surface area contributed by atoms with Crippen LogP contribution in [0.5, 0.6) is 5.75 Å². The Morgan fingerprint density at radius 3 is 2.60 bits per heavy atom. The van der Waals surface area contributed by atoms with Crippen LogP contribution < -0.4 is 10.1 Å². The number of rotatable bonds is 5. The van der Waals surface area contributed by atoms with Crippen LogP contribution in [0.2, 0.25) is 0 Å². The van der Waals surface area contributed by atoms with Crippen LogP contribution in [0.4, 0.5) is 5.69 Å². The van der Waals surface area contributed by atoms with Gasteiger partial charge in [-0.3, -0.25) is 4.79 Å². The van der Waals surface area contributed by atoms with E-state index in [2.05, 4.69) is 5.32 Å². The minimum absolute atomic E-state index is 0.0190. The molecule has 0 spiro atoms. The van der Waals surface area contributed by atoms with Crippen molar-refractivity contribution in [3.8, 4) is 5.75 Å². The van der Waals surface area contributed by atoms with Gasteiger partial charge in [0.2, 0.25) is 5.91 Å². The largest absolute Gasteiger partial charge is 0.494 e. The van der Waals surface area contributed by atoms with Crippen LogP contribution in [0.25, 0.3) is 0 Å². The highest BCUT2D eigenvalue weighted by Crippen LogP contribution is 2.25. The lowest BCUT2D eigenvalue weighted by atomic mass is 9.87. The summed E-state index contributed by atoms with van der Waals surface area (Å²) < 4.78 is 10.7. The lowest BCUT2D eigenvalue weighted by Gasteiger charge is -2.26. The van der Waals surface area contributed by atoms with Crippen molar-refractivity contribution in [3.05, 3.63) is 24.3 Å². The molecule has 1 fully saturated rings. The normalized spacial score (nSPS) is 17.5. The van der Waals surface area contributed by atoms with Crippen molar-refractivity contribution >= 4 is 11.6 Å². The minimum Gasteiger partial charge on any atom is -0.494 e. The highest BCUT2D eigenvalue weighted by atomic mass is 16.5. The first kappa shape index (κ1) is 14.9. The predicted octanol–water partition coefficient (Wildman–Crippen LogP) is 3.09. The Hall–Kier alpha value is -1.55. The lowest BCUT2D eigenvalue weighted by Crippen LogP contribution is -2.30. The maximum atomic E-state index is 12.2. The molecule has 0 saturated carbocycles. The van der Waals surface area contributed by atoms with E-state index in [0.29, 0.717) is 12.5 Å². The number of carbonyl (C=O) groups is 1. The molecule has 0 radical (unpaired) electrons. The molecule has 1 aromatic rings. The number of anilines is 1. The fourth-order valence-electron chi connectivity index (χ4n) is 2.49. The molecule has 1 atom stereocenters. The van der Waals surface area contributed by atoms with Gasteiger partial charge in [-0.2, -0.15) is 0 Å². The van der Waals surface area contributed by atoms with Gasteiger partial charge in [-0.25, -0.2) is 0 Å². The van der Waals surface area contributed by atoms with Crippen LogP contribution in [-0.2, 0) is 9.53 Å². The molecule has 1 aliphatic rings. The summed E-state index contributed by atoms with van der Waals surface area (Å²) in [5.41, 5.74) is 0.817. The third kappa shape index (κ3) is 3.97. The molecule has 1 amide bonds. The number of benzene rings is 1. The fraction of sp³-hybridized carbons (Fsp3) is 0.562. The first-order valence-corrected chi connectivity index (χ1v) is 7.32. The number of hydrogen-bond donors (Lipinski definition) is 1. The summed E-state index contributed by atoms with van der Waals surface area (Å²) in [4.78, 5) is 12.2. The van der Waals surface area contributed by atoms with E-state index < -0.39 is 0 Å². The van der Waals surface area contributed by atoms with Gasteiger partial charge < -0.3 is 14.8 Å². The highest BCUT2D eigenvalue weighted by molar-refractivity contribution is 5.92. The molecule has 1 heterocycles. The van der Waals surface area contributed by atoms with Crippen molar-refractivity contribution < 1.29 is 14.3 Å². The van der Waals surface area contributed by atoms with Crippen molar-refractivity contribution in [2.75, 3.05) is 25.1 Å². The molecule has 110 valence electrons. The molecule has 4 nitrogen and oxygen atoms in total. The lowest BCUT2D eigenvalue weighted by molar-refractivity contribution is -0.122. The van der Waals surface area contributed by atoms with E-state index >= 15 is 0 Å². The van der Waals surface area contributed by atoms with Gasteiger partial charge in [0.05, 0.1) is 6.61 Å². The minimum atomic E-state index is 0.0190. The van der Waals surface area contributed by atoms with Crippen LogP contribution in [0.15, 0.2) is 24.3 Å². The highest BCUT2D eigenvalue weighted by Gasteiger charge is 2.25. The summed E-state index contributed by atoms with van der Waals surface area (Å²) in [6.45, 7) is 6.13. The SMILES string of the molecule is CCOc1ccc(NC(=O)C(C)C2CCOCC2)cc1. The van der Waals surface area contributed by atoms with E-state index in [4.69, 9.17) is 9.47 Å². The summed E-state index contributed by atoms with van der Waals surface area (Å²) in [7, 11) is 0. The van der Waals surface area contributed by atoms with Crippen LogP contribution in [0.1, 0.15) is 26.7 Å². The van der Waals surface area contributed by atoms with Crippen molar-refractivity contribution in [1.29, 1.82) is 0 Å². The molecule has 1 N–H and O–H groups in total. The zero-order valence-corrected chi connectivity index (χ0v) is 12.2. The second-order valence-corrected chi connectivity index (χ2v) is 5.19. The number of carbonyl (C=O) groups excluding carboxylic acids is 1. The Bertz CT molecular complexity index is 424. The number of hydrogen-bond acceptors (Lipinski definition) is 3. The summed E-state index contributed by atoms with van der Waals surface area (Å²) in [5.74, 6) is 1.35. The topological polar surface area (TPSA) is 47.6 Å². The fourth-order valence-corrected chi connectivity index (χ4v) is 2.49. The van der Waals surface area contributed by atoms with Crippen LogP contribution >= 0.6 is 0 Å². The molecular weight excluding hydrogens is 254 g/mol. The third-order valence-electron chi connectivity index (χ3n) is 3.82. The molecular formula is C16H23NO3. The van der Waals surface area contributed by atoms with E-state index in [1.807, 2.05) is 38.1 Å². The molecule has 4 heteroatoms.